The van der Waals surface area contributed by atoms with E-state index < -0.39 is 5.41 Å². The van der Waals surface area contributed by atoms with E-state index in [2.05, 4.69) is 0 Å². The van der Waals surface area contributed by atoms with Gasteiger partial charge < -0.3 is 15.4 Å². The zero-order chi connectivity index (χ0) is 13.6. The summed E-state index contributed by atoms with van der Waals surface area (Å²) in [5.41, 5.74) is 5.53. The number of carbonyl (C=O) groups excluding carboxylic acids is 1. The summed E-state index contributed by atoms with van der Waals surface area (Å²) in [4.78, 5) is 14.6. The van der Waals surface area contributed by atoms with Gasteiger partial charge in [-0.3, -0.25) is 4.79 Å². The number of fused-ring (bicyclic) bond motifs is 2. The van der Waals surface area contributed by atoms with Gasteiger partial charge in [-0.05, 0) is 43.9 Å². The normalized spacial score (nSPS) is 44.8. The number of rotatable bonds is 3. The van der Waals surface area contributed by atoms with Crippen molar-refractivity contribution < 1.29 is 9.53 Å². The lowest BCUT2D eigenvalue weighted by Crippen LogP contribution is -2.51. The number of hydrogen-bond donors (Lipinski definition) is 1. The van der Waals surface area contributed by atoms with Gasteiger partial charge in [0.1, 0.15) is 0 Å². The van der Waals surface area contributed by atoms with E-state index in [1.807, 2.05) is 18.9 Å². The van der Waals surface area contributed by atoms with Gasteiger partial charge in [-0.25, -0.2) is 0 Å². The molecule has 1 heterocycles. The molecule has 5 unspecified atom stereocenters. The third-order valence-electron chi connectivity index (χ3n) is 5.75. The van der Waals surface area contributed by atoms with E-state index in [0.29, 0.717) is 13.2 Å². The molecule has 2 bridgehead atoms. The first-order valence-electron chi connectivity index (χ1n) is 7.59. The summed E-state index contributed by atoms with van der Waals surface area (Å²) in [6.45, 7) is 3.82. The van der Waals surface area contributed by atoms with Crippen molar-refractivity contribution in [1.82, 2.24) is 4.90 Å². The molecule has 19 heavy (non-hydrogen) atoms. The van der Waals surface area contributed by atoms with Gasteiger partial charge in [-0.1, -0.05) is 6.42 Å². The van der Waals surface area contributed by atoms with Crippen LogP contribution in [-0.4, -0.2) is 43.7 Å². The Morgan fingerprint density at radius 1 is 1.42 bits per heavy atom. The fourth-order valence-corrected chi connectivity index (χ4v) is 4.38. The third kappa shape index (κ3) is 2.19. The Hall–Kier alpha value is -0.610. The molecule has 2 saturated carbocycles. The number of carbonyl (C=O) groups is 1. The van der Waals surface area contributed by atoms with Gasteiger partial charge in [0.15, 0.2) is 0 Å². The van der Waals surface area contributed by atoms with Crippen molar-refractivity contribution >= 4 is 5.91 Å². The van der Waals surface area contributed by atoms with E-state index in [1.54, 1.807) is 0 Å². The highest BCUT2D eigenvalue weighted by molar-refractivity contribution is 5.83. The number of amides is 1. The lowest BCUT2D eigenvalue weighted by atomic mass is 9.83. The Bertz CT molecular complexity index is 373. The maximum absolute atomic E-state index is 12.6. The van der Waals surface area contributed by atoms with Crippen molar-refractivity contribution in [2.45, 2.75) is 38.6 Å². The highest BCUT2D eigenvalue weighted by atomic mass is 16.5. The Kier molecular flexibility index (Phi) is 3.34. The minimum absolute atomic E-state index is 0.164. The van der Waals surface area contributed by atoms with Crippen molar-refractivity contribution in [2.75, 3.05) is 26.8 Å². The zero-order valence-corrected chi connectivity index (χ0v) is 12.1. The lowest BCUT2D eigenvalue weighted by Gasteiger charge is -2.34. The lowest BCUT2D eigenvalue weighted by molar-refractivity contribution is -0.141. The second-order valence-electron chi connectivity index (χ2n) is 7.16. The Labute approximate surface area is 115 Å². The molecular formula is C15H26N2O2. The summed E-state index contributed by atoms with van der Waals surface area (Å²) < 4.78 is 5.39. The van der Waals surface area contributed by atoms with Gasteiger partial charge in [0, 0.05) is 19.6 Å². The molecule has 4 nitrogen and oxygen atoms in total. The van der Waals surface area contributed by atoms with E-state index in [4.69, 9.17) is 10.5 Å². The van der Waals surface area contributed by atoms with Crippen molar-refractivity contribution in [3.63, 3.8) is 0 Å². The number of nitrogens with two attached hydrogens (primary N) is 1. The number of nitrogens with zero attached hydrogens (tertiary/aromatic N) is 1. The van der Waals surface area contributed by atoms with Crippen LogP contribution in [0.25, 0.3) is 0 Å². The molecule has 3 aliphatic rings. The first-order valence-corrected chi connectivity index (χ1v) is 7.59. The predicted molar refractivity (Wildman–Crippen MR) is 73.5 cm³/mol. The predicted octanol–water partition coefficient (Wildman–Crippen LogP) is 1.24. The van der Waals surface area contributed by atoms with Gasteiger partial charge in [0.25, 0.3) is 0 Å². The summed E-state index contributed by atoms with van der Waals surface area (Å²) in [6.07, 6.45) is 5.50. The van der Waals surface area contributed by atoms with Crippen molar-refractivity contribution in [3.8, 4) is 0 Å². The van der Waals surface area contributed by atoms with Crippen LogP contribution in [0.2, 0.25) is 0 Å². The molecule has 0 aromatic rings. The van der Waals surface area contributed by atoms with Crippen LogP contribution in [0.1, 0.15) is 32.6 Å². The maximum Gasteiger partial charge on any atom is 0.232 e. The van der Waals surface area contributed by atoms with Crippen molar-refractivity contribution in [2.24, 2.45) is 28.9 Å². The Morgan fingerprint density at radius 2 is 2.21 bits per heavy atom. The molecule has 3 fully saturated rings. The molecule has 0 radical (unpaired) electrons. The van der Waals surface area contributed by atoms with Crippen LogP contribution in [0.5, 0.6) is 0 Å². The van der Waals surface area contributed by atoms with Crippen LogP contribution in [0, 0.1) is 23.2 Å². The van der Waals surface area contributed by atoms with Gasteiger partial charge in [0.05, 0.1) is 18.6 Å². The quantitative estimate of drug-likeness (QED) is 0.836. The minimum atomic E-state index is -0.521. The van der Waals surface area contributed by atoms with E-state index in [-0.39, 0.29) is 11.9 Å². The second-order valence-corrected chi connectivity index (χ2v) is 7.16. The fraction of sp³-hybridized carbons (Fsp3) is 0.933. The average molecular weight is 266 g/mol. The standard InChI is InChI=1S/C15H26N2O2/c1-15(9-19-8-13(15)16)14(18)17(2)7-12-6-10-3-4-11(12)5-10/h10-13H,3-9,16H2,1-2H3. The Morgan fingerprint density at radius 3 is 2.74 bits per heavy atom. The molecule has 1 aliphatic heterocycles. The molecule has 0 aromatic heterocycles. The number of ether oxygens (including phenoxy) is 1. The molecule has 1 amide bonds. The fourth-order valence-electron chi connectivity index (χ4n) is 4.38. The van der Waals surface area contributed by atoms with Crippen LogP contribution in [0.15, 0.2) is 0 Å². The topological polar surface area (TPSA) is 55.6 Å². The molecule has 1 saturated heterocycles. The van der Waals surface area contributed by atoms with Crippen LogP contribution in [0.3, 0.4) is 0 Å². The first kappa shape index (κ1) is 13.4. The summed E-state index contributed by atoms with van der Waals surface area (Å²) in [7, 11) is 1.94. The third-order valence-corrected chi connectivity index (χ3v) is 5.75. The number of hydrogen-bond acceptors (Lipinski definition) is 3. The summed E-state index contributed by atoms with van der Waals surface area (Å²) >= 11 is 0. The largest absolute Gasteiger partial charge is 0.379 e. The Balaban J connectivity index is 1.61. The first-order chi connectivity index (χ1) is 9.00. The highest BCUT2D eigenvalue weighted by Crippen LogP contribution is 2.48. The van der Waals surface area contributed by atoms with E-state index in [0.717, 1.165) is 24.3 Å². The summed E-state index contributed by atoms with van der Waals surface area (Å²) in [6, 6.07) is -0.164. The van der Waals surface area contributed by atoms with E-state index in [1.165, 1.54) is 25.7 Å². The van der Waals surface area contributed by atoms with Crippen molar-refractivity contribution in [3.05, 3.63) is 0 Å². The molecule has 0 aromatic carbocycles. The monoisotopic (exact) mass is 266 g/mol. The summed E-state index contributed by atoms with van der Waals surface area (Å²) in [5, 5.41) is 0. The van der Waals surface area contributed by atoms with Crippen molar-refractivity contribution in [1.29, 1.82) is 0 Å². The second kappa shape index (κ2) is 4.74. The maximum atomic E-state index is 12.6. The highest BCUT2D eigenvalue weighted by Gasteiger charge is 2.47. The van der Waals surface area contributed by atoms with Gasteiger partial charge in [-0.15, -0.1) is 0 Å². The van der Waals surface area contributed by atoms with E-state index >= 15 is 0 Å². The van der Waals surface area contributed by atoms with Gasteiger partial charge in [0.2, 0.25) is 5.91 Å². The molecule has 4 heteroatoms. The average Bonchev–Trinajstić information content (AvgIpc) is 3.06. The minimum Gasteiger partial charge on any atom is -0.379 e. The molecule has 2 N–H and O–H groups in total. The summed E-state index contributed by atoms with van der Waals surface area (Å²) in [5.74, 6) is 2.68. The molecule has 0 spiro atoms. The molecule has 108 valence electrons. The van der Waals surface area contributed by atoms with Crippen LogP contribution >= 0.6 is 0 Å². The molecule has 3 rings (SSSR count). The zero-order valence-electron chi connectivity index (χ0n) is 12.1. The van der Waals surface area contributed by atoms with E-state index in [9.17, 15) is 4.79 Å². The molecule has 5 atom stereocenters. The van der Waals surface area contributed by atoms with Gasteiger partial charge in [-0.2, -0.15) is 0 Å². The smallest absolute Gasteiger partial charge is 0.232 e. The van der Waals surface area contributed by atoms with Crippen LogP contribution in [-0.2, 0) is 9.53 Å². The molecule has 2 aliphatic carbocycles. The van der Waals surface area contributed by atoms with Crippen LogP contribution < -0.4 is 5.73 Å². The van der Waals surface area contributed by atoms with Crippen LogP contribution in [0.4, 0.5) is 0 Å². The molecular weight excluding hydrogens is 240 g/mol. The SMILES string of the molecule is CN(CC1CC2CCC1C2)C(=O)C1(C)COCC1N. The van der Waals surface area contributed by atoms with Gasteiger partial charge >= 0.3 is 0 Å².